The van der Waals surface area contributed by atoms with Crippen molar-refractivity contribution in [2.24, 2.45) is 5.92 Å². The summed E-state index contributed by atoms with van der Waals surface area (Å²) in [4.78, 5) is 12.0. The quantitative estimate of drug-likeness (QED) is 0.896. The minimum Gasteiger partial charge on any atom is -0.352 e. The summed E-state index contributed by atoms with van der Waals surface area (Å²) in [5.74, 6) is 0.732. The highest BCUT2D eigenvalue weighted by molar-refractivity contribution is 9.10. The molecule has 1 aliphatic carbocycles. The molecule has 0 heterocycles. The van der Waals surface area contributed by atoms with Crippen molar-refractivity contribution in [3.63, 3.8) is 0 Å². The van der Waals surface area contributed by atoms with Gasteiger partial charge in [0.15, 0.2) is 0 Å². The van der Waals surface area contributed by atoms with Gasteiger partial charge in [-0.2, -0.15) is 0 Å². The molecular weight excluding hydrogens is 290 g/mol. The van der Waals surface area contributed by atoms with Crippen molar-refractivity contribution in [3.05, 3.63) is 33.8 Å². The molecule has 1 fully saturated rings. The minimum atomic E-state index is 0.0520. The van der Waals surface area contributed by atoms with Crippen molar-refractivity contribution in [1.29, 1.82) is 0 Å². The lowest BCUT2D eigenvalue weighted by Gasteiger charge is -2.21. The van der Waals surface area contributed by atoms with Gasteiger partial charge in [0.05, 0.1) is 0 Å². The van der Waals surface area contributed by atoms with E-state index in [1.807, 2.05) is 25.1 Å². The van der Waals surface area contributed by atoms with Crippen LogP contribution in [0.15, 0.2) is 22.7 Å². The van der Waals surface area contributed by atoms with Crippen molar-refractivity contribution < 1.29 is 4.79 Å². The predicted molar refractivity (Wildman–Crippen MR) is 77.8 cm³/mol. The van der Waals surface area contributed by atoms with Gasteiger partial charge in [0.2, 0.25) is 0 Å². The Kier molecular flexibility index (Phi) is 4.81. The second-order valence-corrected chi connectivity index (χ2v) is 6.03. The van der Waals surface area contributed by atoms with Crippen LogP contribution in [0.4, 0.5) is 0 Å². The molecule has 1 aliphatic rings. The molecule has 0 aliphatic heterocycles. The SMILES string of the molecule is Cc1cc(C(=O)NCC2CCCCC2)ccc1Br. The van der Waals surface area contributed by atoms with Crippen LogP contribution in [0.1, 0.15) is 48.0 Å². The first-order chi connectivity index (χ1) is 8.66. The Bertz CT molecular complexity index is 425. The summed E-state index contributed by atoms with van der Waals surface area (Å²) in [6.45, 7) is 2.83. The third kappa shape index (κ3) is 3.58. The van der Waals surface area contributed by atoms with Gasteiger partial charge < -0.3 is 5.32 Å². The lowest BCUT2D eigenvalue weighted by atomic mass is 9.89. The Morgan fingerprint density at radius 2 is 2.06 bits per heavy atom. The van der Waals surface area contributed by atoms with Crippen molar-refractivity contribution in [3.8, 4) is 0 Å². The molecule has 1 saturated carbocycles. The average molecular weight is 310 g/mol. The fraction of sp³-hybridized carbons (Fsp3) is 0.533. The van der Waals surface area contributed by atoms with Gasteiger partial charge in [-0.25, -0.2) is 0 Å². The van der Waals surface area contributed by atoms with E-state index in [0.717, 1.165) is 22.1 Å². The molecule has 1 aromatic carbocycles. The summed E-state index contributed by atoms with van der Waals surface area (Å²) < 4.78 is 1.05. The molecule has 0 spiro atoms. The maximum Gasteiger partial charge on any atom is 0.251 e. The van der Waals surface area contributed by atoms with E-state index in [1.165, 1.54) is 32.1 Å². The number of carbonyl (C=O) groups excluding carboxylic acids is 1. The fourth-order valence-electron chi connectivity index (χ4n) is 2.52. The first-order valence-corrected chi connectivity index (χ1v) is 7.50. The van der Waals surface area contributed by atoms with Gasteiger partial charge in [-0.1, -0.05) is 35.2 Å². The summed E-state index contributed by atoms with van der Waals surface area (Å²) in [6, 6.07) is 5.73. The van der Waals surface area contributed by atoms with Crippen molar-refractivity contribution in [1.82, 2.24) is 5.32 Å². The molecule has 0 unspecified atom stereocenters. The van der Waals surface area contributed by atoms with Gasteiger partial charge >= 0.3 is 0 Å². The summed E-state index contributed by atoms with van der Waals surface area (Å²) in [5, 5.41) is 3.06. The van der Waals surface area contributed by atoms with Crippen LogP contribution in [0.3, 0.4) is 0 Å². The van der Waals surface area contributed by atoms with Crippen molar-refractivity contribution >= 4 is 21.8 Å². The number of rotatable bonds is 3. The van der Waals surface area contributed by atoms with Crippen LogP contribution in [0.5, 0.6) is 0 Å². The summed E-state index contributed by atoms with van der Waals surface area (Å²) in [5.41, 5.74) is 1.85. The molecular formula is C15H20BrNO. The van der Waals surface area contributed by atoms with Crippen molar-refractivity contribution in [2.75, 3.05) is 6.54 Å². The molecule has 3 heteroatoms. The topological polar surface area (TPSA) is 29.1 Å². The highest BCUT2D eigenvalue weighted by atomic mass is 79.9. The number of carbonyl (C=O) groups is 1. The van der Waals surface area contributed by atoms with Crippen LogP contribution in [-0.4, -0.2) is 12.5 Å². The Hall–Kier alpha value is -0.830. The number of halogens is 1. The standard InChI is InChI=1S/C15H20BrNO/c1-11-9-13(7-8-14(11)16)15(18)17-10-12-5-3-2-4-6-12/h7-9,12H,2-6,10H2,1H3,(H,17,18). The summed E-state index contributed by atoms with van der Waals surface area (Å²) >= 11 is 3.45. The Morgan fingerprint density at radius 3 is 2.72 bits per heavy atom. The molecule has 0 atom stereocenters. The van der Waals surface area contributed by atoms with Crippen LogP contribution in [0, 0.1) is 12.8 Å². The number of hydrogen-bond donors (Lipinski definition) is 1. The van der Waals surface area contributed by atoms with Gasteiger partial charge in [0.1, 0.15) is 0 Å². The highest BCUT2D eigenvalue weighted by Gasteiger charge is 2.15. The molecule has 0 radical (unpaired) electrons. The number of amides is 1. The van der Waals surface area contributed by atoms with E-state index in [1.54, 1.807) is 0 Å². The molecule has 0 aromatic heterocycles. The Morgan fingerprint density at radius 1 is 1.33 bits per heavy atom. The number of aryl methyl sites for hydroxylation is 1. The van der Waals surface area contributed by atoms with Gasteiger partial charge in [-0.3, -0.25) is 4.79 Å². The van der Waals surface area contributed by atoms with Crippen LogP contribution in [-0.2, 0) is 0 Å². The second-order valence-electron chi connectivity index (χ2n) is 5.18. The minimum absolute atomic E-state index is 0.0520. The molecule has 18 heavy (non-hydrogen) atoms. The lowest BCUT2D eigenvalue weighted by molar-refractivity contribution is 0.0943. The highest BCUT2D eigenvalue weighted by Crippen LogP contribution is 2.23. The van der Waals surface area contributed by atoms with E-state index in [0.29, 0.717) is 5.92 Å². The lowest BCUT2D eigenvalue weighted by Crippen LogP contribution is -2.30. The zero-order chi connectivity index (χ0) is 13.0. The Balaban J connectivity index is 1.88. The monoisotopic (exact) mass is 309 g/mol. The zero-order valence-corrected chi connectivity index (χ0v) is 12.4. The zero-order valence-electron chi connectivity index (χ0n) is 10.8. The van der Waals surface area contributed by atoms with Gasteiger partial charge in [0.25, 0.3) is 5.91 Å². The predicted octanol–water partition coefficient (Wildman–Crippen LogP) is 4.07. The number of nitrogens with one attached hydrogen (secondary N) is 1. The van der Waals surface area contributed by atoms with E-state index in [2.05, 4.69) is 21.2 Å². The smallest absolute Gasteiger partial charge is 0.251 e. The first kappa shape index (κ1) is 13.6. The molecule has 2 nitrogen and oxygen atoms in total. The number of hydrogen-bond acceptors (Lipinski definition) is 1. The van der Waals surface area contributed by atoms with E-state index in [-0.39, 0.29) is 5.91 Å². The first-order valence-electron chi connectivity index (χ1n) is 6.71. The maximum absolute atomic E-state index is 12.0. The average Bonchev–Trinajstić information content (AvgIpc) is 2.40. The van der Waals surface area contributed by atoms with Gasteiger partial charge in [0, 0.05) is 16.6 Å². The second kappa shape index (κ2) is 6.37. The van der Waals surface area contributed by atoms with Gasteiger partial charge in [-0.05, 0) is 49.4 Å². The number of benzene rings is 1. The largest absolute Gasteiger partial charge is 0.352 e. The van der Waals surface area contributed by atoms with E-state index >= 15 is 0 Å². The molecule has 0 saturated heterocycles. The fourth-order valence-corrected chi connectivity index (χ4v) is 2.76. The molecule has 2 rings (SSSR count). The third-order valence-electron chi connectivity index (χ3n) is 3.70. The van der Waals surface area contributed by atoms with Crippen LogP contribution in [0.25, 0.3) is 0 Å². The normalized spacial score (nSPS) is 16.6. The summed E-state index contributed by atoms with van der Waals surface area (Å²) in [7, 11) is 0. The van der Waals surface area contributed by atoms with Crippen LogP contribution >= 0.6 is 15.9 Å². The molecule has 0 bridgehead atoms. The third-order valence-corrected chi connectivity index (χ3v) is 4.59. The van der Waals surface area contributed by atoms with E-state index < -0.39 is 0 Å². The van der Waals surface area contributed by atoms with Gasteiger partial charge in [-0.15, -0.1) is 0 Å². The van der Waals surface area contributed by atoms with E-state index in [9.17, 15) is 4.79 Å². The molecule has 98 valence electrons. The Labute approximate surface area is 117 Å². The van der Waals surface area contributed by atoms with Crippen LogP contribution < -0.4 is 5.32 Å². The molecule has 1 amide bonds. The molecule has 1 aromatic rings. The van der Waals surface area contributed by atoms with Crippen LogP contribution in [0.2, 0.25) is 0 Å². The maximum atomic E-state index is 12.0. The van der Waals surface area contributed by atoms with Crippen molar-refractivity contribution in [2.45, 2.75) is 39.0 Å². The van der Waals surface area contributed by atoms with E-state index in [4.69, 9.17) is 0 Å². The summed E-state index contributed by atoms with van der Waals surface area (Å²) in [6.07, 6.45) is 6.52. The molecule has 1 N–H and O–H groups in total.